The summed E-state index contributed by atoms with van der Waals surface area (Å²) in [5.41, 5.74) is 0. The van der Waals surface area contributed by atoms with E-state index in [4.69, 9.17) is 11.6 Å². The Bertz CT molecular complexity index is 228. The van der Waals surface area contributed by atoms with E-state index >= 15 is 0 Å². The van der Waals surface area contributed by atoms with Gasteiger partial charge in [0.2, 0.25) is 5.91 Å². The first-order chi connectivity index (χ1) is 7.29. The van der Waals surface area contributed by atoms with Crippen molar-refractivity contribution in [2.45, 2.75) is 38.5 Å². The van der Waals surface area contributed by atoms with Crippen LogP contribution < -0.4 is 0 Å². The summed E-state index contributed by atoms with van der Waals surface area (Å²) in [4.78, 5) is 14.0. The van der Waals surface area contributed by atoms with E-state index in [1.807, 2.05) is 4.90 Å². The van der Waals surface area contributed by atoms with Crippen LogP contribution in [0.15, 0.2) is 0 Å². The number of piperidine rings is 1. The van der Waals surface area contributed by atoms with Gasteiger partial charge < -0.3 is 4.90 Å². The van der Waals surface area contributed by atoms with Crippen LogP contribution in [-0.2, 0) is 4.79 Å². The second-order valence-corrected chi connectivity index (χ2v) is 5.31. The Balaban J connectivity index is 1.78. The number of rotatable bonds is 3. The van der Waals surface area contributed by atoms with Crippen molar-refractivity contribution < 1.29 is 4.79 Å². The highest BCUT2D eigenvalue weighted by atomic mass is 35.5. The van der Waals surface area contributed by atoms with Crippen LogP contribution in [-0.4, -0.2) is 29.8 Å². The van der Waals surface area contributed by atoms with Gasteiger partial charge in [-0.1, -0.05) is 6.42 Å². The number of alkyl halides is 1. The second kappa shape index (κ2) is 5.20. The SMILES string of the molecule is O=C(CC1CCC1)N1CCCC(CCl)C1. The highest BCUT2D eigenvalue weighted by Crippen LogP contribution is 2.30. The minimum absolute atomic E-state index is 0.370. The first-order valence-corrected chi connectivity index (χ1v) is 6.67. The van der Waals surface area contributed by atoms with Crippen LogP contribution >= 0.6 is 11.6 Å². The molecule has 1 unspecified atom stereocenters. The van der Waals surface area contributed by atoms with Gasteiger partial charge in [-0.15, -0.1) is 11.6 Å². The van der Waals surface area contributed by atoms with E-state index in [2.05, 4.69) is 0 Å². The molecule has 2 nitrogen and oxygen atoms in total. The first kappa shape index (κ1) is 11.3. The van der Waals surface area contributed by atoms with Crippen LogP contribution in [0.5, 0.6) is 0 Å². The summed E-state index contributed by atoms with van der Waals surface area (Å²) in [5, 5.41) is 0. The van der Waals surface area contributed by atoms with E-state index in [-0.39, 0.29) is 0 Å². The standard InChI is InChI=1S/C12H20ClNO/c13-8-11-5-2-6-14(9-11)12(15)7-10-3-1-4-10/h10-11H,1-9H2. The Morgan fingerprint density at radius 3 is 2.53 bits per heavy atom. The van der Waals surface area contributed by atoms with Crippen molar-refractivity contribution in [3.63, 3.8) is 0 Å². The molecule has 0 aromatic heterocycles. The van der Waals surface area contributed by atoms with Crippen molar-refractivity contribution >= 4 is 17.5 Å². The summed E-state index contributed by atoms with van der Waals surface area (Å²) in [6.45, 7) is 1.86. The lowest BCUT2D eigenvalue weighted by Gasteiger charge is -2.34. The van der Waals surface area contributed by atoms with Crippen molar-refractivity contribution in [3.8, 4) is 0 Å². The fourth-order valence-corrected chi connectivity index (χ4v) is 2.74. The topological polar surface area (TPSA) is 20.3 Å². The third kappa shape index (κ3) is 2.87. The van der Waals surface area contributed by atoms with Gasteiger partial charge in [0.05, 0.1) is 0 Å². The summed E-state index contributed by atoms with van der Waals surface area (Å²) in [5.74, 6) is 2.29. The molecule has 1 aliphatic heterocycles. The summed E-state index contributed by atoms with van der Waals surface area (Å²) in [6, 6.07) is 0. The van der Waals surface area contributed by atoms with E-state index in [0.29, 0.717) is 23.6 Å². The van der Waals surface area contributed by atoms with Crippen LogP contribution in [0.25, 0.3) is 0 Å². The van der Waals surface area contributed by atoms with Crippen molar-refractivity contribution in [2.75, 3.05) is 19.0 Å². The van der Waals surface area contributed by atoms with E-state index in [9.17, 15) is 4.79 Å². The summed E-state index contributed by atoms with van der Waals surface area (Å²) >= 11 is 5.86. The third-order valence-electron chi connectivity index (χ3n) is 3.78. The average molecular weight is 230 g/mol. The molecule has 1 heterocycles. The number of amides is 1. The predicted octanol–water partition coefficient (Wildman–Crippen LogP) is 2.65. The number of carbonyl (C=O) groups excluding carboxylic acids is 1. The molecule has 1 amide bonds. The second-order valence-electron chi connectivity index (χ2n) is 5.00. The van der Waals surface area contributed by atoms with Gasteiger partial charge in [-0.3, -0.25) is 4.79 Å². The molecule has 1 saturated heterocycles. The normalized spacial score (nSPS) is 27.5. The third-order valence-corrected chi connectivity index (χ3v) is 4.21. The van der Waals surface area contributed by atoms with Gasteiger partial charge in [-0.05, 0) is 37.5 Å². The number of likely N-dealkylation sites (tertiary alicyclic amines) is 1. The molecular weight excluding hydrogens is 210 g/mol. The van der Waals surface area contributed by atoms with Crippen LogP contribution in [0.2, 0.25) is 0 Å². The van der Waals surface area contributed by atoms with E-state index in [1.165, 1.54) is 25.7 Å². The highest BCUT2D eigenvalue weighted by molar-refractivity contribution is 6.18. The van der Waals surface area contributed by atoms with Gasteiger partial charge in [-0.25, -0.2) is 0 Å². The molecule has 3 heteroatoms. The fraction of sp³-hybridized carbons (Fsp3) is 0.917. The Morgan fingerprint density at radius 2 is 1.93 bits per heavy atom. The lowest BCUT2D eigenvalue weighted by Crippen LogP contribution is -2.41. The largest absolute Gasteiger partial charge is 0.342 e. The van der Waals surface area contributed by atoms with E-state index in [1.54, 1.807) is 0 Å². The van der Waals surface area contributed by atoms with Crippen LogP contribution in [0.3, 0.4) is 0 Å². The molecular formula is C12H20ClNO. The molecule has 2 rings (SSSR count). The summed E-state index contributed by atoms with van der Waals surface area (Å²) in [6.07, 6.45) is 6.96. The Morgan fingerprint density at radius 1 is 1.20 bits per heavy atom. The Hall–Kier alpha value is -0.240. The maximum Gasteiger partial charge on any atom is 0.222 e. The molecule has 0 aromatic rings. The maximum absolute atomic E-state index is 11.9. The molecule has 0 aromatic carbocycles. The summed E-state index contributed by atoms with van der Waals surface area (Å²) in [7, 11) is 0. The molecule has 2 fully saturated rings. The van der Waals surface area contributed by atoms with Crippen molar-refractivity contribution in [1.29, 1.82) is 0 Å². The molecule has 1 atom stereocenters. The number of halogens is 1. The highest BCUT2D eigenvalue weighted by Gasteiger charge is 2.27. The van der Waals surface area contributed by atoms with Gasteiger partial charge >= 0.3 is 0 Å². The monoisotopic (exact) mass is 229 g/mol. The zero-order chi connectivity index (χ0) is 10.7. The molecule has 15 heavy (non-hydrogen) atoms. The molecule has 1 aliphatic carbocycles. The minimum atomic E-state index is 0.370. The Kier molecular flexibility index (Phi) is 3.90. The van der Waals surface area contributed by atoms with E-state index in [0.717, 1.165) is 25.9 Å². The van der Waals surface area contributed by atoms with Crippen LogP contribution in [0.4, 0.5) is 0 Å². The lowest BCUT2D eigenvalue weighted by molar-refractivity contribution is -0.134. The number of hydrogen-bond acceptors (Lipinski definition) is 1. The van der Waals surface area contributed by atoms with Gasteiger partial charge in [0, 0.05) is 25.4 Å². The van der Waals surface area contributed by atoms with Gasteiger partial charge in [0.1, 0.15) is 0 Å². The van der Waals surface area contributed by atoms with Crippen molar-refractivity contribution in [3.05, 3.63) is 0 Å². The van der Waals surface area contributed by atoms with Gasteiger partial charge in [-0.2, -0.15) is 0 Å². The molecule has 86 valence electrons. The van der Waals surface area contributed by atoms with Crippen LogP contribution in [0.1, 0.15) is 38.5 Å². The molecule has 2 aliphatic rings. The molecule has 1 saturated carbocycles. The van der Waals surface area contributed by atoms with Gasteiger partial charge in [0.25, 0.3) is 0 Å². The summed E-state index contributed by atoms with van der Waals surface area (Å²) < 4.78 is 0. The zero-order valence-electron chi connectivity index (χ0n) is 9.25. The number of nitrogens with zero attached hydrogens (tertiary/aromatic N) is 1. The van der Waals surface area contributed by atoms with E-state index < -0.39 is 0 Å². The van der Waals surface area contributed by atoms with Crippen molar-refractivity contribution in [1.82, 2.24) is 4.90 Å². The Labute approximate surface area is 97.0 Å². The van der Waals surface area contributed by atoms with Crippen molar-refractivity contribution in [2.24, 2.45) is 11.8 Å². The molecule has 0 spiro atoms. The maximum atomic E-state index is 11.9. The number of hydrogen-bond donors (Lipinski definition) is 0. The predicted molar refractivity (Wildman–Crippen MR) is 62.0 cm³/mol. The molecule has 0 radical (unpaired) electrons. The zero-order valence-corrected chi connectivity index (χ0v) is 10.0. The minimum Gasteiger partial charge on any atom is -0.342 e. The molecule has 0 N–H and O–H groups in total. The van der Waals surface area contributed by atoms with Crippen LogP contribution in [0, 0.1) is 11.8 Å². The smallest absolute Gasteiger partial charge is 0.222 e. The van der Waals surface area contributed by atoms with Gasteiger partial charge in [0.15, 0.2) is 0 Å². The quantitative estimate of drug-likeness (QED) is 0.682. The fourth-order valence-electron chi connectivity index (χ4n) is 2.49. The number of carbonyl (C=O) groups is 1. The lowest BCUT2D eigenvalue weighted by atomic mass is 9.82. The average Bonchev–Trinajstić information content (AvgIpc) is 2.23. The first-order valence-electron chi connectivity index (χ1n) is 6.13. The molecule has 0 bridgehead atoms.